The Kier molecular flexibility index (Phi) is 5.66. The van der Waals surface area contributed by atoms with E-state index in [1.165, 1.54) is 19.4 Å². The molecular weight excluding hydrogens is 266 g/mol. The topological polar surface area (TPSA) is 150 Å². The first-order chi connectivity index (χ1) is 9.40. The van der Waals surface area contributed by atoms with Gasteiger partial charge in [-0.15, -0.1) is 0 Å². The number of H-pyrrole nitrogens is 1. The summed E-state index contributed by atoms with van der Waals surface area (Å²) in [5, 5.41) is 13.6. The van der Waals surface area contributed by atoms with Crippen molar-refractivity contribution in [2.75, 3.05) is 6.54 Å². The van der Waals surface area contributed by atoms with Gasteiger partial charge in [-0.3, -0.25) is 9.59 Å². The van der Waals surface area contributed by atoms with E-state index in [4.69, 9.17) is 10.8 Å². The van der Waals surface area contributed by atoms with Gasteiger partial charge in [0.05, 0.1) is 18.9 Å². The second-order valence-electron chi connectivity index (χ2n) is 4.25. The number of nitrogens with one attached hydrogen (secondary N) is 3. The van der Waals surface area contributed by atoms with Gasteiger partial charge in [0, 0.05) is 18.3 Å². The molecule has 6 N–H and O–H groups in total. The van der Waals surface area contributed by atoms with Crippen LogP contribution in [0.15, 0.2) is 12.5 Å². The van der Waals surface area contributed by atoms with Gasteiger partial charge in [-0.2, -0.15) is 0 Å². The Morgan fingerprint density at radius 1 is 1.50 bits per heavy atom. The van der Waals surface area contributed by atoms with Crippen molar-refractivity contribution in [3.8, 4) is 0 Å². The predicted molar refractivity (Wildman–Crippen MR) is 68.5 cm³/mol. The monoisotopic (exact) mass is 283 g/mol. The van der Waals surface area contributed by atoms with Crippen LogP contribution in [0.3, 0.4) is 0 Å². The zero-order valence-corrected chi connectivity index (χ0v) is 10.9. The van der Waals surface area contributed by atoms with E-state index in [2.05, 4.69) is 20.6 Å². The number of hydrogen-bond donors (Lipinski definition) is 5. The first-order valence-corrected chi connectivity index (χ1v) is 5.93. The molecule has 0 unspecified atom stereocenters. The van der Waals surface area contributed by atoms with Crippen molar-refractivity contribution in [1.82, 2.24) is 20.6 Å². The van der Waals surface area contributed by atoms with E-state index in [1.54, 1.807) is 0 Å². The Hall–Kier alpha value is -2.42. The largest absolute Gasteiger partial charge is 0.480 e. The summed E-state index contributed by atoms with van der Waals surface area (Å²) >= 11 is 0. The van der Waals surface area contributed by atoms with Crippen LogP contribution < -0.4 is 16.4 Å². The molecule has 0 fully saturated rings. The van der Waals surface area contributed by atoms with E-state index in [0.29, 0.717) is 5.69 Å². The summed E-state index contributed by atoms with van der Waals surface area (Å²) in [6.07, 6.45) is 2.96. The highest BCUT2D eigenvalue weighted by Gasteiger charge is 2.21. The van der Waals surface area contributed by atoms with E-state index in [1.807, 2.05) is 0 Å². The molecule has 0 saturated heterocycles. The summed E-state index contributed by atoms with van der Waals surface area (Å²) in [6.45, 7) is 1.15. The third-order valence-electron chi connectivity index (χ3n) is 2.45. The molecule has 20 heavy (non-hydrogen) atoms. The second kappa shape index (κ2) is 7.24. The maximum absolute atomic E-state index is 11.6. The highest BCUT2D eigenvalue weighted by molar-refractivity contribution is 5.89. The van der Waals surface area contributed by atoms with Crippen LogP contribution in [0.5, 0.6) is 0 Å². The first kappa shape index (κ1) is 15.6. The van der Waals surface area contributed by atoms with Crippen LogP contribution in [0, 0.1) is 0 Å². The molecule has 2 atom stereocenters. The van der Waals surface area contributed by atoms with E-state index in [9.17, 15) is 14.4 Å². The molecule has 9 heteroatoms. The first-order valence-electron chi connectivity index (χ1n) is 5.93. The van der Waals surface area contributed by atoms with E-state index < -0.39 is 29.9 Å². The zero-order valence-electron chi connectivity index (χ0n) is 10.9. The smallest absolute Gasteiger partial charge is 0.326 e. The molecule has 1 aromatic rings. The highest BCUT2D eigenvalue weighted by atomic mass is 16.4. The van der Waals surface area contributed by atoms with Crippen LogP contribution in [-0.4, -0.2) is 51.5 Å². The lowest BCUT2D eigenvalue weighted by Gasteiger charge is -2.14. The minimum absolute atomic E-state index is 0.0717. The SMILES string of the molecule is C[C@H](N)C(=O)NCC(=O)N[C@@H](Cc1cnc[nH]1)C(=O)O. The van der Waals surface area contributed by atoms with E-state index >= 15 is 0 Å². The fraction of sp³-hybridized carbons (Fsp3) is 0.455. The molecule has 110 valence electrons. The molecule has 1 aromatic heterocycles. The minimum atomic E-state index is -1.17. The number of nitrogens with two attached hydrogens (primary N) is 1. The number of carboxylic acids is 1. The number of hydrogen-bond acceptors (Lipinski definition) is 5. The Morgan fingerprint density at radius 3 is 2.70 bits per heavy atom. The zero-order chi connectivity index (χ0) is 15.1. The number of carboxylic acid groups (broad SMARTS) is 1. The Bertz CT molecular complexity index is 471. The summed E-state index contributed by atoms with van der Waals surface area (Å²) in [5.74, 6) is -2.27. The number of imidazole rings is 1. The molecule has 0 spiro atoms. The summed E-state index contributed by atoms with van der Waals surface area (Å²) in [7, 11) is 0. The third-order valence-corrected chi connectivity index (χ3v) is 2.45. The number of aromatic nitrogens is 2. The summed E-state index contributed by atoms with van der Waals surface area (Å²) in [5.41, 5.74) is 5.89. The molecular formula is C11H17N5O4. The number of nitrogens with zero attached hydrogens (tertiary/aromatic N) is 1. The normalized spacial score (nSPS) is 13.3. The van der Waals surface area contributed by atoms with Crippen LogP contribution in [-0.2, 0) is 20.8 Å². The molecule has 0 aliphatic heterocycles. The van der Waals surface area contributed by atoms with Gasteiger partial charge in [0.25, 0.3) is 0 Å². The van der Waals surface area contributed by atoms with Gasteiger partial charge in [0.2, 0.25) is 11.8 Å². The molecule has 0 aliphatic rings. The Balaban J connectivity index is 2.47. The molecule has 1 rings (SSSR count). The average Bonchev–Trinajstić information content (AvgIpc) is 2.87. The molecule has 0 aromatic carbocycles. The van der Waals surface area contributed by atoms with Crippen LogP contribution in [0.25, 0.3) is 0 Å². The van der Waals surface area contributed by atoms with Crippen LogP contribution in [0.1, 0.15) is 12.6 Å². The van der Waals surface area contributed by atoms with Gasteiger partial charge in [-0.05, 0) is 6.92 Å². The molecule has 0 aliphatic carbocycles. The molecule has 9 nitrogen and oxygen atoms in total. The minimum Gasteiger partial charge on any atom is -0.480 e. The second-order valence-corrected chi connectivity index (χ2v) is 4.25. The van der Waals surface area contributed by atoms with Crippen molar-refractivity contribution in [2.45, 2.75) is 25.4 Å². The van der Waals surface area contributed by atoms with Gasteiger partial charge < -0.3 is 26.5 Å². The fourth-order valence-corrected chi connectivity index (χ4v) is 1.39. The average molecular weight is 283 g/mol. The number of rotatable bonds is 7. The lowest BCUT2D eigenvalue weighted by atomic mass is 10.1. The van der Waals surface area contributed by atoms with E-state index in [0.717, 1.165) is 0 Å². The molecule has 2 amide bonds. The highest BCUT2D eigenvalue weighted by Crippen LogP contribution is 1.98. The number of aliphatic carboxylic acids is 1. The number of amides is 2. The fourth-order valence-electron chi connectivity index (χ4n) is 1.39. The summed E-state index contributed by atoms with van der Waals surface area (Å²) < 4.78 is 0. The lowest BCUT2D eigenvalue weighted by molar-refractivity contribution is -0.141. The van der Waals surface area contributed by atoms with Gasteiger partial charge in [0.15, 0.2) is 0 Å². The van der Waals surface area contributed by atoms with Crippen molar-refractivity contribution < 1.29 is 19.5 Å². The molecule has 0 bridgehead atoms. The standard InChI is InChI=1S/C11H17N5O4/c1-6(12)10(18)14-4-9(17)16-8(11(19)20)2-7-3-13-5-15-7/h3,5-6,8H,2,4,12H2,1H3,(H,13,15)(H,14,18)(H,16,17)(H,19,20)/t6-,8-/m0/s1. The lowest BCUT2D eigenvalue weighted by Crippen LogP contribution is -2.48. The van der Waals surface area contributed by atoms with Gasteiger partial charge >= 0.3 is 5.97 Å². The third kappa shape index (κ3) is 5.06. The van der Waals surface area contributed by atoms with Crippen molar-refractivity contribution in [1.29, 1.82) is 0 Å². The van der Waals surface area contributed by atoms with Crippen molar-refractivity contribution >= 4 is 17.8 Å². The van der Waals surface area contributed by atoms with Crippen molar-refractivity contribution in [3.05, 3.63) is 18.2 Å². The van der Waals surface area contributed by atoms with Crippen molar-refractivity contribution in [2.24, 2.45) is 5.73 Å². The molecule has 1 heterocycles. The van der Waals surface area contributed by atoms with Gasteiger partial charge in [-0.25, -0.2) is 9.78 Å². The maximum Gasteiger partial charge on any atom is 0.326 e. The quantitative estimate of drug-likeness (QED) is 0.390. The predicted octanol–water partition coefficient (Wildman–Crippen LogP) is -2.01. The summed E-state index contributed by atoms with van der Waals surface area (Å²) in [6, 6.07) is -1.83. The molecule has 0 saturated carbocycles. The maximum atomic E-state index is 11.6. The van der Waals surface area contributed by atoms with Crippen LogP contribution in [0.2, 0.25) is 0 Å². The van der Waals surface area contributed by atoms with E-state index in [-0.39, 0.29) is 13.0 Å². The van der Waals surface area contributed by atoms with Crippen LogP contribution >= 0.6 is 0 Å². The summed E-state index contributed by atoms with van der Waals surface area (Å²) in [4.78, 5) is 40.3. The molecule has 0 radical (unpaired) electrons. The van der Waals surface area contributed by atoms with Crippen molar-refractivity contribution in [3.63, 3.8) is 0 Å². The van der Waals surface area contributed by atoms with Crippen LogP contribution in [0.4, 0.5) is 0 Å². The number of aromatic amines is 1. The Labute approximate surface area is 114 Å². The van der Waals surface area contributed by atoms with Gasteiger partial charge in [-0.1, -0.05) is 0 Å². The number of carbonyl (C=O) groups is 3. The number of carbonyl (C=O) groups excluding carboxylic acids is 2. The van der Waals surface area contributed by atoms with Gasteiger partial charge in [0.1, 0.15) is 6.04 Å². The Morgan fingerprint density at radius 2 is 2.20 bits per heavy atom.